The number of pyridine rings is 1. The Kier molecular flexibility index (Phi) is 4.08. The van der Waals surface area contributed by atoms with Gasteiger partial charge in [0.25, 0.3) is 5.91 Å². The van der Waals surface area contributed by atoms with E-state index in [0.717, 1.165) is 17.0 Å². The van der Waals surface area contributed by atoms with Crippen molar-refractivity contribution >= 4 is 23.3 Å². The largest absolute Gasteiger partial charge is 0.395 e. The number of nitrogens with two attached hydrogens (primary N) is 2. The number of imidazole rings is 1. The molecule has 5 nitrogen and oxygen atoms in total. The van der Waals surface area contributed by atoms with Gasteiger partial charge >= 0.3 is 0 Å². The molecule has 5 heteroatoms. The van der Waals surface area contributed by atoms with Crippen LogP contribution in [0.5, 0.6) is 0 Å². The van der Waals surface area contributed by atoms with E-state index in [4.69, 9.17) is 11.5 Å². The molecular formula is C19H20N4O. The van der Waals surface area contributed by atoms with E-state index < -0.39 is 5.91 Å². The Bertz CT molecular complexity index is 939. The van der Waals surface area contributed by atoms with Gasteiger partial charge in [0.05, 0.1) is 16.9 Å². The number of fused-ring (bicyclic) bond motifs is 1. The van der Waals surface area contributed by atoms with E-state index in [-0.39, 0.29) is 0 Å². The second-order valence-electron chi connectivity index (χ2n) is 5.79. The zero-order valence-corrected chi connectivity index (χ0v) is 13.8. The lowest BCUT2D eigenvalue weighted by atomic mass is 10.0. The van der Waals surface area contributed by atoms with Gasteiger partial charge in [-0.25, -0.2) is 4.98 Å². The molecule has 3 aromatic rings. The van der Waals surface area contributed by atoms with E-state index in [9.17, 15) is 4.79 Å². The Morgan fingerprint density at radius 3 is 2.62 bits per heavy atom. The number of carbonyl (C=O) groups excluding carboxylic acids is 1. The van der Waals surface area contributed by atoms with Crippen molar-refractivity contribution in [2.45, 2.75) is 20.3 Å². The lowest BCUT2D eigenvalue weighted by Crippen LogP contribution is -2.16. The van der Waals surface area contributed by atoms with Crippen LogP contribution in [0.4, 0.5) is 5.69 Å². The maximum atomic E-state index is 11.9. The number of carbonyl (C=O) groups is 1. The Morgan fingerprint density at radius 2 is 1.96 bits per heavy atom. The third-order valence-electron chi connectivity index (χ3n) is 4.23. The molecule has 2 heterocycles. The average Bonchev–Trinajstić information content (AvgIpc) is 2.86. The van der Waals surface area contributed by atoms with E-state index >= 15 is 0 Å². The van der Waals surface area contributed by atoms with Crippen LogP contribution < -0.4 is 11.5 Å². The highest BCUT2D eigenvalue weighted by molar-refractivity contribution is 5.97. The molecule has 0 unspecified atom stereocenters. The molecular weight excluding hydrogens is 300 g/mol. The molecule has 0 saturated carbocycles. The second-order valence-corrected chi connectivity index (χ2v) is 5.79. The number of anilines is 1. The van der Waals surface area contributed by atoms with E-state index in [1.807, 2.05) is 60.7 Å². The molecule has 0 aliphatic heterocycles. The number of allylic oxidation sites excluding steroid dienone is 1. The summed E-state index contributed by atoms with van der Waals surface area (Å²) >= 11 is 0. The minimum absolute atomic E-state index is 0.429. The fourth-order valence-corrected chi connectivity index (χ4v) is 2.77. The first-order valence-electron chi connectivity index (χ1n) is 7.77. The van der Waals surface area contributed by atoms with Crippen LogP contribution in [0.1, 0.15) is 32.9 Å². The van der Waals surface area contributed by atoms with Gasteiger partial charge in [-0.05, 0) is 31.4 Å². The van der Waals surface area contributed by atoms with E-state index in [1.165, 1.54) is 0 Å². The molecule has 24 heavy (non-hydrogen) atoms. The van der Waals surface area contributed by atoms with Crippen LogP contribution in [-0.2, 0) is 6.42 Å². The van der Waals surface area contributed by atoms with Gasteiger partial charge in [-0.3, -0.25) is 4.79 Å². The first-order valence-corrected chi connectivity index (χ1v) is 7.77. The number of amides is 1. The molecule has 3 rings (SSSR count). The molecule has 0 fully saturated rings. The second kappa shape index (κ2) is 6.20. The van der Waals surface area contributed by atoms with Gasteiger partial charge in [0, 0.05) is 11.9 Å². The third kappa shape index (κ3) is 2.76. The Morgan fingerprint density at radius 1 is 1.25 bits per heavy atom. The van der Waals surface area contributed by atoms with E-state index in [1.54, 1.807) is 6.20 Å². The topological polar surface area (TPSA) is 86.4 Å². The van der Waals surface area contributed by atoms with Gasteiger partial charge in [-0.15, -0.1) is 0 Å². The minimum atomic E-state index is -0.488. The van der Waals surface area contributed by atoms with Gasteiger partial charge in [-0.2, -0.15) is 0 Å². The third-order valence-corrected chi connectivity index (χ3v) is 4.23. The minimum Gasteiger partial charge on any atom is -0.395 e. The number of benzene rings is 1. The molecule has 0 aliphatic carbocycles. The summed E-state index contributed by atoms with van der Waals surface area (Å²) in [5.74, 6) is -0.488. The van der Waals surface area contributed by atoms with E-state index in [0.29, 0.717) is 28.9 Å². The fourth-order valence-electron chi connectivity index (χ4n) is 2.77. The molecule has 1 aromatic carbocycles. The molecule has 0 aliphatic rings. The molecule has 0 radical (unpaired) electrons. The predicted octanol–water partition coefficient (Wildman–Crippen LogP) is 2.89. The molecule has 0 spiro atoms. The molecule has 0 bridgehead atoms. The monoisotopic (exact) mass is 320 g/mol. The summed E-state index contributed by atoms with van der Waals surface area (Å²) in [6, 6.07) is 9.95. The van der Waals surface area contributed by atoms with Gasteiger partial charge in [0.15, 0.2) is 5.65 Å². The van der Waals surface area contributed by atoms with Crippen LogP contribution in [0.2, 0.25) is 0 Å². The highest BCUT2D eigenvalue weighted by Gasteiger charge is 2.17. The first-order chi connectivity index (χ1) is 11.5. The van der Waals surface area contributed by atoms with Crippen molar-refractivity contribution in [2.24, 2.45) is 5.73 Å². The fraction of sp³-hybridized carbons (Fsp3) is 0.158. The zero-order chi connectivity index (χ0) is 17.3. The molecule has 0 atom stereocenters. The normalized spacial score (nSPS) is 11.4. The van der Waals surface area contributed by atoms with Crippen molar-refractivity contribution < 1.29 is 4.79 Å². The summed E-state index contributed by atoms with van der Waals surface area (Å²) in [6.45, 7) is 3.86. The Hall–Kier alpha value is -3.08. The quantitative estimate of drug-likeness (QED) is 0.775. The van der Waals surface area contributed by atoms with Crippen molar-refractivity contribution in [3.05, 3.63) is 70.7 Å². The molecule has 1 amide bonds. The van der Waals surface area contributed by atoms with Gasteiger partial charge < -0.3 is 15.9 Å². The lowest BCUT2D eigenvalue weighted by molar-refractivity contribution is 0.0999. The number of hydrogen-bond donors (Lipinski definition) is 2. The number of nitrogens with zero attached hydrogens (tertiary/aromatic N) is 2. The molecule has 2 aromatic heterocycles. The average molecular weight is 320 g/mol. The van der Waals surface area contributed by atoms with E-state index in [2.05, 4.69) is 4.98 Å². The maximum absolute atomic E-state index is 11.9. The van der Waals surface area contributed by atoms with Gasteiger partial charge in [0.1, 0.15) is 0 Å². The van der Waals surface area contributed by atoms with Crippen LogP contribution in [0.25, 0.3) is 11.7 Å². The molecule has 4 N–H and O–H groups in total. The maximum Gasteiger partial charge on any atom is 0.250 e. The number of hydrogen-bond acceptors (Lipinski definition) is 3. The van der Waals surface area contributed by atoms with Crippen molar-refractivity contribution in [3.8, 4) is 0 Å². The summed E-state index contributed by atoms with van der Waals surface area (Å²) in [7, 11) is 0. The Labute approximate surface area is 140 Å². The zero-order valence-electron chi connectivity index (χ0n) is 13.8. The van der Waals surface area contributed by atoms with Gasteiger partial charge in [0.2, 0.25) is 0 Å². The van der Waals surface area contributed by atoms with Crippen LogP contribution in [0.3, 0.4) is 0 Å². The number of aromatic nitrogens is 2. The predicted molar refractivity (Wildman–Crippen MR) is 96.8 cm³/mol. The lowest BCUT2D eigenvalue weighted by Gasteiger charge is -2.11. The van der Waals surface area contributed by atoms with Crippen LogP contribution in [0.15, 0.2) is 42.6 Å². The molecule has 0 saturated heterocycles. The SMILES string of the molecule is Cc1nc2c(N)c(CC=Cc3ccccc3)c(C(N)=O)cn2c1C. The number of rotatable bonds is 4. The standard InChI is InChI=1S/C19H20N4O/c1-12-13(2)23-11-16(18(21)24)15(17(20)19(23)22-12)10-6-9-14-7-4-3-5-8-14/h3-9,11H,10,20H2,1-2H3,(H2,21,24). The summed E-state index contributed by atoms with van der Waals surface area (Å²) < 4.78 is 1.83. The highest BCUT2D eigenvalue weighted by atomic mass is 16.1. The first kappa shape index (κ1) is 15.8. The van der Waals surface area contributed by atoms with Crippen LogP contribution in [0, 0.1) is 13.8 Å². The van der Waals surface area contributed by atoms with Crippen molar-refractivity contribution in [3.63, 3.8) is 0 Å². The number of primary amides is 1. The number of nitrogen functional groups attached to an aromatic ring is 1. The summed E-state index contributed by atoms with van der Waals surface area (Å²) in [5, 5.41) is 0. The van der Waals surface area contributed by atoms with Gasteiger partial charge in [-0.1, -0.05) is 42.5 Å². The van der Waals surface area contributed by atoms with Crippen LogP contribution >= 0.6 is 0 Å². The smallest absolute Gasteiger partial charge is 0.250 e. The van der Waals surface area contributed by atoms with Crippen molar-refractivity contribution in [1.29, 1.82) is 0 Å². The Balaban J connectivity index is 2.05. The molecule has 122 valence electrons. The summed E-state index contributed by atoms with van der Waals surface area (Å²) in [4.78, 5) is 16.4. The summed E-state index contributed by atoms with van der Waals surface area (Å²) in [6.07, 6.45) is 6.22. The number of aryl methyl sites for hydroxylation is 2. The van der Waals surface area contributed by atoms with Crippen molar-refractivity contribution in [2.75, 3.05) is 5.73 Å². The summed E-state index contributed by atoms with van der Waals surface area (Å²) in [5.41, 5.74) is 17.1. The highest BCUT2D eigenvalue weighted by Crippen LogP contribution is 2.25. The van der Waals surface area contributed by atoms with Crippen molar-refractivity contribution in [1.82, 2.24) is 9.38 Å². The van der Waals surface area contributed by atoms with Crippen LogP contribution in [-0.4, -0.2) is 15.3 Å².